The van der Waals surface area contributed by atoms with Gasteiger partial charge in [-0.1, -0.05) is 111 Å². The van der Waals surface area contributed by atoms with Crippen LogP contribution in [-0.2, 0) is 22.1 Å². The Balaban J connectivity index is 1.18. The van der Waals surface area contributed by atoms with Crippen molar-refractivity contribution in [3.05, 3.63) is 82.3 Å². The molecule has 1 aromatic carbocycles. The second kappa shape index (κ2) is 34.3. The van der Waals surface area contributed by atoms with Crippen molar-refractivity contribution >= 4 is 23.7 Å². The Kier molecular flexibility index (Phi) is 28.0. The molecule has 4 heterocycles. The van der Waals surface area contributed by atoms with Crippen LogP contribution in [0.15, 0.2) is 71.2 Å². The Morgan fingerprint density at radius 2 is 1.64 bits per heavy atom. The molecule has 1 aromatic rings. The number of carbonyl (C=O) groups is 1. The predicted octanol–water partition coefficient (Wildman–Crippen LogP) is 12.1. The van der Waals surface area contributed by atoms with Gasteiger partial charge in [0.25, 0.3) is 0 Å². The Morgan fingerprint density at radius 3 is 2.31 bits per heavy atom. The lowest BCUT2D eigenvalue weighted by Crippen LogP contribution is -2.76. The standard InChI is InChI=1S/C70H118ClF3N12O2/c1-14-50(6)64-42-79-63(39-48(2)3)52(8)78-43-65-66(68(87)84-37-38-88-47-84)55(11)86(65)67(49(4)5)53(9)81-69(29-18-19-30-69)46-76-33-32-75-31-28-58(26-24-57-25-27-61(62(71)41-57)70(72,73)74)77-34-36-82(12)44-60(40-56-21-16-15-17-22-56)83(13)45-59-23-20-35-85(59)54(10)51(7)80-64/h25,27-28,31,34,36,41,44-45,48-56,63-67,76-81H,14-24,26,29-30,32-33,35,37-40,42-43,46-47H2,1-13H3/t50-,51?,52?,53?,54-,55?,63-,64+,65?,66-,67-/m0/s1. The van der Waals surface area contributed by atoms with Crippen LogP contribution in [0.2, 0.25) is 5.02 Å². The van der Waals surface area contributed by atoms with Crippen molar-refractivity contribution in [3.63, 3.8) is 0 Å². The van der Waals surface area contributed by atoms with Gasteiger partial charge < -0.3 is 56.2 Å². The first kappa shape index (κ1) is 71.8. The maximum absolute atomic E-state index is 14.6. The summed E-state index contributed by atoms with van der Waals surface area (Å²) in [7, 11) is 4.31. The molecule has 11 atom stereocenters. The zero-order valence-corrected chi connectivity index (χ0v) is 57.2. The van der Waals surface area contributed by atoms with Gasteiger partial charge in [-0.25, -0.2) is 0 Å². The second-order valence-corrected chi connectivity index (χ2v) is 28.7. The van der Waals surface area contributed by atoms with E-state index in [1.165, 1.54) is 68.5 Å². The zero-order chi connectivity index (χ0) is 63.7. The van der Waals surface area contributed by atoms with Crippen molar-refractivity contribution in [3.8, 4) is 0 Å². The van der Waals surface area contributed by atoms with Crippen molar-refractivity contribution in [2.45, 2.75) is 245 Å². The zero-order valence-electron chi connectivity index (χ0n) is 56.5. The summed E-state index contributed by atoms with van der Waals surface area (Å²) in [6.07, 6.45) is 25.2. The van der Waals surface area contributed by atoms with E-state index < -0.39 is 11.7 Å². The van der Waals surface area contributed by atoms with Crippen LogP contribution in [-0.4, -0.2) is 170 Å². The minimum Gasteiger partial charge on any atom is -0.369 e. The first-order valence-corrected chi connectivity index (χ1v) is 34.8. The number of amides is 1. The van der Waals surface area contributed by atoms with E-state index in [9.17, 15) is 18.0 Å². The summed E-state index contributed by atoms with van der Waals surface area (Å²) in [5.74, 6) is 2.04. The largest absolute Gasteiger partial charge is 0.417 e. The highest BCUT2D eigenvalue weighted by atomic mass is 35.5. The smallest absolute Gasteiger partial charge is 0.369 e. The van der Waals surface area contributed by atoms with Gasteiger partial charge in [-0.3, -0.25) is 14.7 Å². The lowest BCUT2D eigenvalue weighted by atomic mass is 9.74. The minimum absolute atomic E-state index is 0.0337. The number of fused-ring (bicyclic) bond motifs is 2. The molecule has 7 rings (SSSR count). The quantitative estimate of drug-likeness (QED) is 0.126. The number of carbonyl (C=O) groups excluding carboxylic acids is 1. The molecule has 0 radical (unpaired) electrons. The highest BCUT2D eigenvalue weighted by molar-refractivity contribution is 6.31. The minimum atomic E-state index is -4.52. The van der Waals surface area contributed by atoms with E-state index >= 15 is 0 Å². The lowest BCUT2D eigenvalue weighted by Gasteiger charge is -2.60. The van der Waals surface area contributed by atoms with Crippen LogP contribution in [0, 0.1) is 29.6 Å². The molecule has 6 N–H and O–H groups in total. The molecule has 88 heavy (non-hydrogen) atoms. The summed E-state index contributed by atoms with van der Waals surface area (Å²) in [5, 5.41) is 23.8. The number of benzene rings is 1. The van der Waals surface area contributed by atoms with Gasteiger partial charge >= 0.3 is 6.18 Å². The van der Waals surface area contributed by atoms with Crippen molar-refractivity contribution in [1.29, 1.82) is 0 Å². The topological polar surface area (TPSA) is 127 Å². The van der Waals surface area contributed by atoms with E-state index in [1.54, 1.807) is 0 Å². The van der Waals surface area contributed by atoms with Crippen molar-refractivity contribution in [2.24, 2.45) is 34.6 Å². The third-order valence-electron chi connectivity index (χ3n) is 20.8. The van der Waals surface area contributed by atoms with Crippen LogP contribution in [0.1, 0.15) is 184 Å². The number of rotatable bonds is 11. The molecular weight excluding hydrogens is 1130 g/mol. The first-order chi connectivity index (χ1) is 42.0. The Hall–Kier alpha value is -3.68. The van der Waals surface area contributed by atoms with Crippen molar-refractivity contribution in [1.82, 2.24) is 56.4 Å². The fourth-order valence-electron chi connectivity index (χ4n) is 15.4. The number of nitrogens with one attached hydrogen (secondary N) is 6. The summed E-state index contributed by atoms with van der Waals surface area (Å²) in [4.78, 5) is 31.2. The van der Waals surface area contributed by atoms with E-state index in [0.717, 1.165) is 88.5 Å². The number of hydrogen-bond acceptors (Lipinski definition) is 13. The van der Waals surface area contributed by atoms with Crippen LogP contribution >= 0.6 is 11.6 Å². The molecule has 14 nitrogen and oxygen atoms in total. The van der Waals surface area contributed by atoms with E-state index in [1.807, 2.05) is 29.6 Å². The Bertz CT molecular complexity index is 2450. The number of aliphatic imine (C=N–C) groups is 1. The van der Waals surface area contributed by atoms with Gasteiger partial charge in [-0.15, -0.1) is 0 Å². The molecule has 498 valence electrons. The Morgan fingerprint density at radius 1 is 0.886 bits per heavy atom. The fourth-order valence-corrected chi connectivity index (χ4v) is 15.7. The summed E-state index contributed by atoms with van der Waals surface area (Å²) in [5.41, 5.74) is 3.39. The third kappa shape index (κ3) is 20.2. The third-order valence-corrected chi connectivity index (χ3v) is 21.1. The molecule has 1 amide bonds. The molecule has 5 fully saturated rings. The van der Waals surface area contributed by atoms with E-state index in [0.29, 0.717) is 69.5 Å². The average Bonchev–Trinajstić information content (AvgIpc) is 0.979. The number of halogens is 4. The van der Waals surface area contributed by atoms with Gasteiger partial charge in [0.15, 0.2) is 0 Å². The monoisotopic (exact) mass is 1250 g/mol. The van der Waals surface area contributed by atoms with Crippen molar-refractivity contribution in [2.75, 3.05) is 73.2 Å². The highest BCUT2D eigenvalue weighted by Crippen LogP contribution is 2.41. The second-order valence-electron chi connectivity index (χ2n) is 28.3. The predicted molar refractivity (Wildman–Crippen MR) is 358 cm³/mol. The van der Waals surface area contributed by atoms with Gasteiger partial charge in [0.05, 0.1) is 29.7 Å². The van der Waals surface area contributed by atoms with Gasteiger partial charge in [-0.05, 0) is 133 Å². The molecular formula is C70H118ClF3N12O2. The molecule has 2 saturated carbocycles. The summed E-state index contributed by atoms with van der Waals surface area (Å²) in [6.45, 7) is 32.3. The van der Waals surface area contributed by atoms with E-state index in [-0.39, 0.29) is 76.8 Å². The Labute approximate surface area is 535 Å². The molecule has 0 aromatic heterocycles. The molecule has 3 saturated heterocycles. The fraction of sp³-hybridized carbons (Fsp3) is 0.771. The highest BCUT2D eigenvalue weighted by Gasteiger charge is 2.55. The first-order valence-electron chi connectivity index (χ1n) is 34.4. The van der Waals surface area contributed by atoms with Gasteiger partial charge in [-0.2, -0.15) is 13.2 Å². The van der Waals surface area contributed by atoms with Crippen molar-refractivity contribution < 1.29 is 22.7 Å². The van der Waals surface area contributed by atoms with Crippen LogP contribution in [0.4, 0.5) is 13.2 Å². The number of aryl methyl sites for hydroxylation is 1. The molecule has 1 spiro atoms. The summed E-state index contributed by atoms with van der Waals surface area (Å²) < 4.78 is 46.8. The van der Waals surface area contributed by atoms with E-state index in [2.05, 4.69) is 154 Å². The van der Waals surface area contributed by atoms with Crippen LogP contribution in [0.5, 0.6) is 0 Å². The number of hydrogen-bond donors (Lipinski definition) is 6. The molecule has 0 bridgehead atoms. The number of ether oxygens (including phenoxy) is 1. The summed E-state index contributed by atoms with van der Waals surface area (Å²) >= 11 is 6.20. The lowest BCUT2D eigenvalue weighted by molar-refractivity contribution is -0.161. The molecule has 2 aliphatic carbocycles. The summed E-state index contributed by atoms with van der Waals surface area (Å²) in [6, 6.07) is 5.72. The maximum Gasteiger partial charge on any atom is 0.417 e. The number of nitrogens with zero attached hydrogens (tertiary/aromatic N) is 6. The van der Waals surface area contributed by atoms with Gasteiger partial charge in [0, 0.05) is 161 Å². The van der Waals surface area contributed by atoms with Crippen LogP contribution in [0.25, 0.3) is 0 Å². The number of alkyl halides is 3. The normalized spacial score (nSPS) is 30.1. The van der Waals surface area contributed by atoms with Crippen LogP contribution < -0.4 is 31.9 Å². The molecule has 5 unspecified atom stereocenters. The SMILES string of the molecule is CC[C@H](C)[C@H]1CN[C@@H](CC(C)C)C(C)NCC2[C@@H](C(=O)N3CCOC3)C(C)N2[C@@H](C(C)C)C(C)NC2(CCCC2)CNCCN=CC=C(CCc2ccc(C(F)(F)F)c(Cl)c2)NC=CN(C)C=C(CC2CCCCC2)N(C)C=C2CCCN2[C@@H](C)C(C)N1. The molecule has 6 aliphatic rings. The van der Waals surface area contributed by atoms with Gasteiger partial charge in [0.2, 0.25) is 5.91 Å². The average molecular weight is 1250 g/mol. The maximum atomic E-state index is 14.6. The van der Waals surface area contributed by atoms with Crippen LogP contribution in [0.3, 0.4) is 0 Å². The van der Waals surface area contributed by atoms with Gasteiger partial charge in [0.1, 0.15) is 6.73 Å². The molecule has 18 heteroatoms. The van der Waals surface area contributed by atoms with E-state index in [4.69, 9.17) is 21.3 Å². The molecule has 4 aliphatic heterocycles. The number of allylic oxidation sites excluding steroid dienone is 4.